The second-order valence-corrected chi connectivity index (χ2v) is 5.37. The molecule has 1 aromatic carbocycles. The molecule has 1 atom stereocenters. The van der Waals surface area contributed by atoms with Gasteiger partial charge in [0.1, 0.15) is 11.9 Å². The smallest absolute Gasteiger partial charge is 0.213 e. The molecule has 1 aliphatic heterocycles. The van der Waals surface area contributed by atoms with Crippen LogP contribution in [0.4, 0.5) is 15.8 Å². The lowest BCUT2D eigenvalue weighted by atomic mass is 10.2. The summed E-state index contributed by atoms with van der Waals surface area (Å²) in [6.07, 6.45) is 2.49. The quantitative estimate of drug-likeness (QED) is 0.808. The van der Waals surface area contributed by atoms with Crippen molar-refractivity contribution < 1.29 is 9.13 Å². The number of aromatic nitrogens is 1. The fourth-order valence-corrected chi connectivity index (χ4v) is 2.63. The summed E-state index contributed by atoms with van der Waals surface area (Å²) in [5.74, 6) is 0.221. The van der Waals surface area contributed by atoms with Gasteiger partial charge in [0.2, 0.25) is 11.6 Å². The minimum absolute atomic E-state index is 0.0478. The third-order valence-corrected chi connectivity index (χ3v) is 3.72. The van der Waals surface area contributed by atoms with Gasteiger partial charge in [-0.05, 0) is 18.6 Å². The number of nitrogens with zero attached hydrogens (tertiary/aromatic N) is 3. The molecular weight excluding hydrogens is 281 g/mol. The number of hydrogen-bond donors (Lipinski definition) is 0. The number of aryl methyl sites for hydroxylation is 1. The van der Waals surface area contributed by atoms with Gasteiger partial charge in [-0.15, -0.1) is 0 Å². The predicted molar refractivity (Wildman–Crippen MR) is 82.9 cm³/mol. The number of para-hydroxylation sites is 1. The maximum atomic E-state index is 14.0. The van der Waals surface area contributed by atoms with Gasteiger partial charge in [0.15, 0.2) is 0 Å². The first-order valence-corrected chi connectivity index (χ1v) is 7.17. The van der Waals surface area contributed by atoms with Crippen LogP contribution in [-0.4, -0.2) is 24.2 Å². The molecule has 1 saturated heterocycles. The second kappa shape index (κ2) is 6.02. The highest BCUT2D eigenvalue weighted by atomic mass is 19.1. The second-order valence-electron chi connectivity index (χ2n) is 5.37. The molecule has 2 heterocycles. The van der Waals surface area contributed by atoms with E-state index in [-0.39, 0.29) is 11.9 Å². The number of ether oxygens (including phenoxy) is 1. The molecule has 4 nitrogen and oxygen atoms in total. The van der Waals surface area contributed by atoms with Crippen molar-refractivity contribution in [2.75, 3.05) is 18.0 Å². The van der Waals surface area contributed by atoms with Crippen LogP contribution >= 0.6 is 0 Å². The lowest BCUT2D eigenvalue weighted by Gasteiger charge is -2.21. The zero-order chi connectivity index (χ0) is 15.5. The summed E-state index contributed by atoms with van der Waals surface area (Å²) in [5.41, 5.74) is 1.79. The molecule has 112 valence electrons. The maximum absolute atomic E-state index is 14.0. The molecule has 0 N–H and O–H groups in total. The molecule has 0 unspecified atom stereocenters. The fraction of sp³-hybridized carbons (Fsp3) is 0.294. The van der Waals surface area contributed by atoms with Crippen LogP contribution in [-0.2, 0) is 0 Å². The van der Waals surface area contributed by atoms with Gasteiger partial charge in [-0.1, -0.05) is 18.2 Å². The first-order chi connectivity index (χ1) is 10.7. The standard InChI is InChI=1S/C17H16FN3O/c1-12-6-7-16(20-10-12)22-13-8-9-21(11-13)17-14(18)4-3-5-15(17)19-2/h3-7,10,13H,8-9,11H2,1H3/t13-/m0/s1. The number of hydrogen-bond acceptors (Lipinski definition) is 3. The molecule has 0 saturated carbocycles. The minimum Gasteiger partial charge on any atom is -0.472 e. The predicted octanol–water partition coefficient (Wildman–Crippen LogP) is 3.74. The molecule has 0 amide bonds. The van der Waals surface area contributed by atoms with Gasteiger partial charge in [-0.25, -0.2) is 14.2 Å². The summed E-state index contributed by atoms with van der Waals surface area (Å²) in [6, 6.07) is 8.38. The zero-order valence-electron chi connectivity index (χ0n) is 12.3. The monoisotopic (exact) mass is 297 g/mol. The SMILES string of the molecule is [C-]#[N+]c1cccc(F)c1N1CC[C@H](Oc2ccc(C)cn2)C1. The van der Waals surface area contributed by atoms with Crippen molar-refractivity contribution >= 4 is 11.4 Å². The molecule has 1 fully saturated rings. The van der Waals surface area contributed by atoms with E-state index in [2.05, 4.69) is 9.83 Å². The van der Waals surface area contributed by atoms with Gasteiger partial charge in [-0.3, -0.25) is 0 Å². The molecule has 2 aromatic rings. The summed E-state index contributed by atoms with van der Waals surface area (Å²) in [7, 11) is 0. The Bertz CT molecular complexity index is 709. The van der Waals surface area contributed by atoms with Crippen molar-refractivity contribution in [3.05, 3.63) is 59.3 Å². The molecule has 0 bridgehead atoms. The molecule has 1 aromatic heterocycles. The molecular formula is C17H16FN3O. The van der Waals surface area contributed by atoms with Crippen LogP contribution in [0.5, 0.6) is 5.88 Å². The number of halogens is 1. The van der Waals surface area contributed by atoms with E-state index in [4.69, 9.17) is 11.3 Å². The van der Waals surface area contributed by atoms with E-state index in [1.165, 1.54) is 6.07 Å². The van der Waals surface area contributed by atoms with Crippen LogP contribution in [0.2, 0.25) is 0 Å². The normalized spacial score (nSPS) is 17.3. The Labute approximate surface area is 129 Å². The van der Waals surface area contributed by atoms with E-state index in [1.807, 2.05) is 24.0 Å². The fourth-order valence-electron chi connectivity index (χ4n) is 2.63. The van der Waals surface area contributed by atoms with E-state index in [1.54, 1.807) is 18.3 Å². The lowest BCUT2D eigenvalue weighted by molar-refractivity contribution is 0.216. The highest BCUT2D eigenvalue weighted by Gasteiger charge is 2.27. The molecule has 3 rings (SSSR count). The lowest BCUT2D eigenvalue weighted by Crippen LogP contribution is -2.25. The van der Waals surface area contributed by atoms with Crippen molar-refractivity contribution in [1.29, 1.82) is 0 Å². The van der Waals surface area contributed by atoms with Crippen LogP contribution < -0.4 is 9.64 Å². The van der Waals surface area contributed by atoms with Gasteiger partial charge in [-0.2, -0.15) is 0 Å². The largest absolute Gasteiger partial charge is 0.472 e. The molecule has 0 spiro atoms. The van der Waals surface area contributed by atoms with Gasteiger partial charge < -0.3 is 9.64 Å². The minimum atomic E-state index is -0.359. The zero-order valence-corrected chi connectivity index (χ0v) is 12.3. The Balaban J connectivity index is 1.73. The molecule has 1 aliphatic rings. The van der Waals surface area contributed by atoms with Crippen molar-refractivity contribution in [2.45, 2.75) is 19.4 Å². The average molecular weight is 297 g/mol. The highest BCUT2D eigenvalue weighted by Crippen LogP contribution is 2.34. The van der Waals surface area contributed by atoms with E-state index >= 15 is 0 Å². The number of pyridine rings is 1. The third-order valence-electron chi connectivity index (χ3n) is 3.72. The van der Waals surface area contributed by atoms with E-state index in [0.717, 1.165) is 12.0 Å². The number of rotatable bonds is 3. The van der Waals surface area contributed by atoms with Gasteiger partial charge in [0.25, 0.3) is 0 Å². The van der Waals surface area contributed by atoms with Gasteiger partial charge in [0.05, 0.1) is 18.8 Å². The first kappa shape index (κ1) is 14.3. The van der Waals surface area contributed by atoms with Gasteiger partial charge in [0, 0.05) is 25.2 Å². The van der Waals surface area contributed by atoms with Crippen molar-refractivity contribution in [2.24, 2.45) is 0 Å². The Morgan fingerprint density at radius 3 is 2.95 bits per heavy atom. The van der Waals surface area contributed by atoms with Crippen LogP contribution in [0.1, 0.15) is 12.0 Å². The Morgan fingerprint density at radius 2 is 2.23 bits per heavy atom. The van der Waals surface area contributed by atoms with E-state index in [9.17, 15) is 4.39 Å². The van der Waals surface area contributed by atoms with Crippen molar-refractivity contribution in [3.8, 4) is 5.88 Å². The van der Waals surface area contributed by atoms with Crippen LogP contribution in [0.25, 0.3) is 4.85 Å². The molecule has 22 heavy (non-hydrogen) atoms. The Hall–Kier alpha value is -2.61. The number of benzene rings is 1. The Morgan fingerprint density at radius 1 is 1.36 bits per heavy atom. The summed E-state index contributed by atoms with van der Waals surface area (Å²) in [4.78, 5) is 9.51. The van der Waals surface area contributed by atoms with Crippen molar-refractivity contribution in [3.63, 3.8) is 0 Å². The third kappa shape index (κ3) is 2.86. The van der Waals surface area contributed by atoms with Crippen LogP contribution in [0.15, 0.2) is 36.5 Å². The molecule has 0 aliphatic carbocycles. The van der Waals surface area contributed by atoms with Crippen molar-refractivity contribution in [1.82, 2.24) is 4.98 Å². The summed E-state index contributed by atoms with van der Waals surface area (Å²) >= 11 is 0. The first-order valence-electron chi connectivity index (χ1n) is 7.17. The van der Waals surface area contributed by atoms with E-state index in [0.29, 0.717) is 30.3 Å². The average Bonchev–Trinajstić information content (AvgIpc) is 2.97. The summed E-state index contributed by atoms with van der Waals surface area (Å²) < 4.78 is 19.9. The topological polar surface area (TPSA) is 29.7 Å². The van der Waals surface area contributed by atoms with Gasteiger partial charge >= 0.3 is 0 Å². The highest BCUT2D eigenvalue weighted by molar-refractivity contribution is 5.71. The summed E-state index contributed by atoms with van der Waals surface area (Å²) in [5, 5.41) is 0. The number of anilines is 1. The van der Waals surface area contributed by atoms with E-state index < -0.39 is 0 Å². The Kier molecular flexibility index (Phi) is 3.92. The molecule has 0 radical (unpaired) electrons. The molecule has 5 heteroatoms. The van der Waals surface area contributed by atoms with Crippen LogP contribution in [0, 0.1) is 19.3 Å². The van der Waals surface area contributed by atoms with Crippen LogP contribution in [0.3, 0.4) is 0 Å². The summed E-state index contributed by atoms with van der Waals surface area (Å²) in [6.45, 7) is 10.4. The maximum Gasteiger partial charge on any atom is 0.213 e.